The van der Waals surface area contributed by atoms with Crippen LogP contribution in [0.2, 0.25) is 0 Å². The number of aliphatic imine (C=N–C) groups is 1. The van der Waals surface area contributed by atoms with Crippen LogP contribution < -0.4 is 15.0 Å². The standard InChI is InChI=1S/C20H24N4O4/c1-2-21-20(23-12-11-15-5-3-4-6-19(15)23)22-13-17(25)14-28-18-9-7-16(8-10-18)24(26)27/h3-10,17,25H,2,11-14H2,1H3,(H,21,22). The van der Waals surface area contributed by atoms with Gasteiger partial charge in [0.25, 0.3) is 5.69 Å². The summed E-state index contributed by atoms with van der Waals surface area (Å²) in [4.78, 5) is 16.9. The Morgan fingerprint density at radius 2 is 2.07 bits per heavy atom. The maximum atomic E-state index is 10.7. The molecule has 1 heterocycles. The molecule has 2 N–H and O–H groups in total. The van der Waals surface area contributed by atoms with Gasteiger partial charge in [-0.1, -0.05) is 18.2 Å². The highest BCUT2D eigenvalue weighted by Crippen LogP contribution is 2.27. The first-order chi connectivity index (χ1) is 13.6. The summed E-state index contributed by atoms with van der Waals surface area (Å²) in [6.45, 7) is 3.82. The fourth-order valence-electron chi connectivity index (χ4n) is 3.05. The van der Waals surface area contributed by atoms with E-state index in [0.717, 1.165) is 31.2 Å². The van der Waals surface area contributed by atoms with Gasteiger partial charge in [0.1, 0.15) is 18.5 Å². The van der Waals surface area contributed by atoms with Crippen molar-refractivity contribution >= 4 is 17.3 Å². The molecule has 8 heteroatoms. The van der Waals surface area contributed by atoms with Crippen molar-refractivity contribution in [3.8, 4) is 5.75 Å². The highest BCUT2D eigenvalue weighted by molar-refractivity contribution is 5.97. The number of nitro groups is 1. The second-order valence-electron chi connectivity index (χ2n) is 6.44. The van der Waals surface area contributed by atoms with Gasteiger partial charge in [0.15, 0.2) is 5.96 Å². The first-order valence-corrected chi connectivity index (χ1v) is 9.27. The highest BCUT2D eigenvalue weighted by atomic mass is 16.6. The number of non-ortho nitro benzene ring substituents is 1. The van der Waals surface area contributed by atoms with Gasteiger partial charge in [0, 0.05) is 30.9 Å². The van der Waals surface area contributed by atoms with Gasteiger partial charge in [0.2, 0.25) is 0 Å². The predicted molar refractivity (Wildman–Crippen MR) is 108 cm³/mol. The molecule has 8 nitrogen and oxygen atoms in total. The van der Waals surface area contributed by atoms with Gasteiger partial charge in [-0.2, -0.15) is 0 Å². The minimum absolute atomic E-state index is 0.00123. The normalized spacial score (nSPS) is 14.5. The molecule has 0 radical (unpaired) electrons. The molecule has 2 aromatic carbocycles. The van der Waals surface area contributed by atoms with E-state index in [0.29, 0.717) is 5.75 Å². The third-order valence-corrected chi connectivity index (χ3v) is 4.42. The van der Waals surface area contributed by atoms with E-state index in [-0.39, 0.29) is 18.8 Å². The number of fused-ring (bicyclic) bond motifs is 1. The van der Waals surface area contributed by atoms with Crippen LogP contribution in [-0.2, 0) is 6.42 Å². The Bertz CT molecular complexity index is 838. The van der Waals surface area contributed by atoms with Gasteiger partial charge in [-0.25, -0.2) is 4.99 Å². The lowest BCUT2D eigenvalue weighted by Crippen LogP contribution is -2.41. The van der Waals surface area contributed by atoms with Crippen LogP contribution in [0.25, 0.3) is 0 Å². The lowest BCUT2D eigenvalue weighted by molar-refractivity contribution is -0.384. The zero-order chi connectivity index (χ0) is 19.9. The molecule has 1 unspecified atom stereocenters. The van der Waals surface area contributed by atoms with E-state index in [4.69, 9.17) is 4.74 Å². The summed E-state index contributed by atoms with van der Waals surface area (Å²) in [7, 11) is 0. The number of nitrogens with zero attached hydrogens (tertiary/aromatic N) is 3. The Labute approximate surface area is 163 Å². The Morgan fingerprint density at radius 3 is 2.79 bits per heavy atom. The number of hydrogen-bond donors (Lipinski definition) is 2. The number of benzene rings is 2. The fourth-order valence-corrected chi connectivity index (χ4v) is 3.05. The van der Waals surface area contributed by atoms with Crippen molar-refractivity contribution in [3.63, 3.8) is 0 Å². The molecule has 0 fully saturated rings. The minimum atomic E-state index is -0.790. The minimum Gasteiger partial charge on any atom is -0.491 e. The molecule has 3 rings (SSSR count). The molecule has 28 heavy (non-hydrogen) atoms. The predicted octanol–water partition coefficient (Wildman–Crippen LogP) is 2.36. The molecule has 1 atom stereocenters. The van der Waals surface area contributed by atoms with Gasteiger partial charge in [-0.15, -0.1) is 0 Å². The molecule has 0 saturated heterocycles. The molecule has 0 saturated carbocycles. The summed E-state index contributed by atoms with van der Waals surface area (Å²) in [5.74, 6) is 1.20. The summed E-state index contributed by atoms with van der Waals surface area (Å²) in [5, 5.41) is 24.2. The molecule has 148 valence electrons. The van der Waals surface area contributed by atoms with Gasteiger partial charge < -0.3 is 20.1 Å². The number of hydrogen-bond acceptors (Lipinski definition) is 5. The van der Waals surface area contributed by atoms with Crippen LogP contribution in [0, 0.1) is 10.1 Å². The topological polar surface area (TPSA) is 100 Å². The number of aliphatic hydroxyl groups is 1. The highest BCUT2D eigenvalue weighted by Gasteiger charge is 2.22. The van der Waals surface area contributed by atoms with Crippen molar-refractivity contribution in [2.24, 2.45) is 4.99 Å². The summed E-state index contributed by atoms with van der Waals surface area (Å²) >= 11 is 0. The molecular formula is C20H24N4O4. The zero-order valence-electron chi connectivity index (χ0n) is 15.7. The third kappa shape index (κ3) is 4.77. The van der Waals surface area contributed by atoms with E-state index in [1.165, 1.54) is 29.8 Å². The Hall–Kier alpha value is -3.13. The molecule has 0 aromatic heterocycles. The summed E-state index contributed by atoms with van der Waals surface area (Å²) < 4.78 is 5.50. The van der Waals surface area contributed by atoms with Crippen LogP contribution in [-0.4, -0.2) is 48.3 Å². The molecular weight excluding hydrogens is 360 g/mol. The fraction of sp³-hybridized carbons (Fsp3) is 0.350. The number of ether oxygens (including phenoxy) is 1. The Kier molecular flexibility index (Phi) is 6.44. The van der Waals surface area contributed by atoms with Crippen molar-refractivity contribution < 1.29 is 14.8 Å². The average Bonchev–Trinajstić information content (AvgIpc) is 3.14. The van der Waals surface area contributed by atoms with Gasteiger partial charge >= 0.3 is 0 Å². The van der Waals surface area contributed by atoms with E-state index in [1.807, 2.05) is 19.1 Å². The Morgan fingerprint density at radius 1 is 1.32 bits per heavy atom. The first kappa shape index (κ1) is 19.6. The average molecular weight is 384 g/mol. The van der Waals surface area contributed by atoms with Gasteiger partial charge in [-0.05, 0) is 37.1 Å². The van der Waals surface area contributed by atoms with Crippen LogP contribution >= 0.6 is 0 Å². The third-order valence-electron chi connectivity index (χ3n) is 4.42. The number of nitro benzene ring substituents is 1. The van der Waals surface area contributed by atoms with E-state index >= 15 is 0 Å². The quantitative estimate of drug-likeness (QED) is 0.329. The van der Waals surface area contributed by atoms with Gasteiger partial charge in [-0.3, -0.25) is 10.1 Å². The number of guanidine groups is 1. The monoisotopic (exact) mass is 384 g/mol. The van der Waals surface area contributed by atoms with E-state index in [2.05, 4.69) is 27.3 Å². The molecule has 2 aromatic rings. The van der Waals surface area contributed by atoms with Crippen molar-refractivity contribution in [1.29, 1.82) is 0 Å². The molecule has 0 amide bonds. The van der Waals surface area contributed by atoms with E-state index < -0.39 is 11.0 Å². The SMILES string of the molecule is CCNC(=NCC(O)COc1ccc([N+](=O)[O-])cc1)N1CCc2ccccc21. The second-order valence-corrected chi connectivity index (χ2v) is 6.44. The van der Waals surface area contributed by atoms with Crippen molar-refractivity contribution in [2.75, 3.05) is 31.1 Å². The zero-order valence-corrected chi connectivity index (χ0v) is 15.7. The largest absolute Gasteiger partial charge is 0.491 e. The molecule has 1 aliphatic heterocycles. The Balaban J connectivity index is 1.58. The number of aliphatic hydroxyl groups excluding tert-OH is 1. The van der Waals surface area contributed by atoms with Crippen LogP contribution in [0.4, 0.5) is 11.4 Å². The number of rotatable bonds is 7. The molecule has 1 aliphatic rings. The number of nitrogens with one attached hydrogen (secondary N) is 1. The molecule has 0 bridgehead atoms. The van der Waals surface area contributed by atoms with Crippen molar-refractivity contribution in [2.45, 2.75) is 19.4 Å². The first-order valence-electron chi connectivity index (χ1n) is 9.27. The number of para-hydroxylation sites is 1. The van der Waals surface area contributed by atoms with Crippen LogP contribution in [0.1, 0.15) is 12.5 Å². The van der Waals surface area contributed by atoms with Gasteiger partial charge in [0.05, 0.1) is 11.5 Å². The second kappa shape index (κ2) is 9.18. The maximum absolute atomic E-state index is 10.7. The molecule has 0 aliphatic carbocycles. The van der Waals surface area contributed by atoms with Crippen molar-refractivity contribution in [1.82, 2.24) is 5.32 Å². The van der Waals surface area contributed by atoms with Crippen molar-refractivity contribution in [3.05, 3.63) is 64.2 Å². The molecule has 0 spiro atoms. The summed E-state index contributed by atoms with van der Waals surface area (Å²) in [6.07, 6.45) is 0.175. The van der Waals surface area contributed by atoms with Crippen LogP contribution in [0.5, 0.6) is 5.75 Å². The summed E-state index contributed by atoms with van der Waals surface area (Å²) in [5.41, 5.74) is 2.42. The van der Waals surface area contributed by atoms with Crippen LogP contribution in [0.15, 0.2) is 53.5 Å². The lowest BCUT2D eigenvalue weighted by atomic mass is 10.2. The maximum Gasteiger partial charge on any atom is 0.269 e. The van der Waals surface area contributed by atoms with Crippen LogP contribution in [0.3, 0.4) is 0 Å². The lowest BCUT2D eigenvalue weighted by Gasteiger charge is -2.22. The van der Waals surface area contributed by atoms with E-state index in [1.54, 1.807) is 0 Å². The number of anilines is 1. The smallest absolute Gasteiger partial charge is 0.269 e. The van der Waals surface area contributed by atoms with E-state index in [9.17, 15) is 15.2 Å². The summed E-state index contributed by atoms with van der Waals surface area (Å²) in [6, 6.07) is 14.0.